The molecule has 23 heavy (non-hydrogen) atoms. The van der Waals surface area contributed by atoms with Gasteiger partial charge in [-0.2, -0.15) is 0 Å². The number of benzene rings is 2. The van der Waals surface area contributed by atoms with E-state index in [9.17, 15) is 9.18 Å². The zero-order chi connectivity index (χ0) is 16.8. The van der Waals surface area contributed by atoms with Crippen LogP contribution >= 0.6 is 11.6 Å². The maximum atomic E-state index is 13.3. The molecule has 0 radical (unpaired) electrons. The second kappa shape index (κ2) is 7.94. The fourth-order valence-corrected chi connectivity index (χ4v) is 2.35. The number of amides is 1. The number of hydrogen-bond donors (Lipinski definition) is 1. The Kier molecular flexibility index (Phi) is 5.96. The number of halogens is 2. The molecular weight excluding hydrogens is 321 g/mol. The van der Waals surface area contributed by atoms with E-state index in [2.05, 4.69) is 5.32 Å². The van der Waals surface area contributed by atoms with Crippen molar-refractivity contribution in [2.24, 2.45) is 0 Å². The predicted molar refractivity (Wildman–Crippen MR) is 86.5 cm³/mol. The van der Waals surface area contributed by atoms with Gasteiger partial charge in [-0.1, -0.05) is 23.7 Å². The van der Waals surface area contributed by atoms with Gasteiger partial charge < -0.3 is 14.8 Å². The summed E-state index contributed by atoms with van der Waals surface area (Å²) >= 11 is 5.92. The molecule has 1 atom stereocenters. The SMILES string of the molecule is COc1ccc(Cl)cc1C(=O)NC[C@@H](OC)c1cccc(F)c1. The predicted octanol–water partition coefficient (Wildman–Crippen LogP) is 3.61. The lowest BCUT2D eigenvalue weighted by molar-refractivity contribution is 0.0825. The second-order valence-electron chi connectivity index (χ2n) is 4.83. The first-order chi connectivity index (χ1) is 11.0. The first-order valence-corrected chi connectivity index (χ1v) is 7.33. The molecule has 2 aromatic rings. The van der Waals surface area contributed by atoms with Gasteiger partial charge in [0.25, 0.3) is 5.91 Å². The zero-order valence-electron chi connectivity index (χ0n) is 12.8. The van der Waals surface area contributed by atoms with Crippen LogP contribution in [0.2, 0.25) is 5.02 Å². The number of rotatable bonds is 6. The minimum atomic E-state index is -0.458. The van der Waals surface area contributed by atoms with Gasteiger partial charge in [0.2, 0.25) is 0 Å². The van der Waals surface area contributed by atoms with Crippen molar-refractivity contribution >= 4 is 17.5 Å². The van der Waals surface area contributed by atoms with Crippen LogP contribution in [0.4, 0.5) is 4.39 Å². The van der Waals surface area contributed by atoms with Crippen molar-refractivity contribution in [2.75, 3.05) is 20.8 Å². The molecule has 2 aromatic carbocycles. The molecule has 1 N–H and O–H groups in total. The average molecular weight is 338 g/mol. The van der Waals surface area contributed by atoms with Crippen LogP contribution in [0.5, 0.6) is 5.75 Å². The molecule has 0 saturated carbocycles. The van der Waals surface area contributed by atoms with E-state index < -0.39 is 6.10 Å². The molecule has 0 spiro atoms. The quantitative estimate of drug-likeness (QED) is 0.876. The highest BCUT2D eigenvalue weighted by atomic mass is 35.5. The van der Waals surface area contributed by atoms with Gasteiger partial charge >= 0.3 is 0 Å². The van der Waals surface area contributed by atoms with Crippen molar-refractivity contribution in [3.8, 4) is 5.75 Å². The van der Waals surface area contributed by atoms with Crippen LogP contribution in [-0.2, 0) is 4.74 Å². The van der Waals surface area contributed by atoms with E-state index in [0.29, 0.717) is 21.9 Å². The standard InChI is InChI=1S/C17H17ClFNO3/c1-22-15-7-6-12(18)9-14(15)17(21)20-10-16(23-2)11-4-3-5-13(19)8-11/h3-9,16H,10H2,1-2H3,(H,20,21)/t16-/m1/s1. The average Bonchev–Trinajstić information content (AvgIpc) is 2.55. The molecule has 0 aromatic heterocycles. The number of ether oxygens (including phenoxy) is 2. The summed E-state index contributed by atoms with van der Waals surface area (Å²) in [7, 11) is 2.98. The summed E-state index contributed by atoms with van der Waals surface area (Å²) in [5.41, 5.74) is 0.972. The van der Waals surface area contributed by atoms with Crippen molar-refractivity contribution in [1.29, 1.82) is 0 Å². The smallest absolute Gasteiger partial charge is 0.255 e. The molecule has 4 nitrogen and oxygen atoms in total. The molecule has 0 unspecified atom stereocenters. The lowest BCUT2D eigenvalue weighted by Crippen LogP contribution is -2.29. The first-order valence-electron chi connectivity index (χ1n) is 6.95. The van der Waals surface area contributed by atoms with Gasteiger partial charge in [-0.3, -0.25) is 4.79 Å². The third kappa shape index (κ3) is 4.43. The zero-order valence-corrected chi connectivity index (χ0v) is 13.6. The van der Waals surface area contributed by atoms with Crippen LogP contribution in [0, 0.1) is 5.82 Å². The second-order valence-corrected chi connectivity index (χ2v) is 5.27. The molecule has 1 amide bonds. The highest BCUT2D eigenvalue weighted by Gasteiger charge is 2.16. The maximum Gasteiger partial charge on any atom is 0.255 e. The molecule has 0 fully saturated rings. The fraction of sp³-hybridized carbons (Fsp3) is 0.235. The Hall–Kier alpha value is -2.11. The number of hydrogen-bond acceptors (Lipinski definition) is 3. The van der Waals surface area contributed by atoms with Crippen molar-refractivity contribution < 1.29 is 18.7 Å². The van der Waals surface area contributed by atoms with Gasteiger partial charge in [-0.05, 0) is 35.9 Å². The summed E-state index contributed by atoms with van der Waals surface area (Å²) in [6, 6.07) is 10.9. The topological polar surface area (TPSA) is 47.6 Å². The molecule has 0 bridgehead atoms. The number of carbonyl (C=O) groups excluding carboxylic acids is 1. The van der Waals surface area contributed by atoms with Gasteiger partial charge in [-0.15, -0.1) is 0 Å². The largest absolute Gasteiger partial charge is 0.496 e. The Labute approximate surface area is 139 Å². The number of carbonyl (C=O) groups is 1. The monoisotopic (exact) mass is 337 g/mol. The van der Waals surface area contributed by atoms with Crippen LogP contribution in [0.25, 0.3) is 0 Å². The van der Waals surface area contributed by atoms with Gasteiger partial charge in [0.15, 0.2) is 0 Å². The highest BCUT2D eigenvalue weighted by Crippen LogP contribution is 2.23. The Morgan fingerprint density at radius 2 is 2.04 bits per heavy atom. The molecule has 0 aliphatic carbocycles. The Morgan fingerprint density at radius 3 is 2.70 bits per heavy atom. The molecule has 6 heteroatoms. The minimum Gasteiger partial charge on any atom is -0.496 e. The summed E-state index contributed by atoms with van der Waals surface area (Å²) in [5, 5.41) is 3.18. The molecule has 0 heterocycles. The minimum absolute atomic E-state index is 0.189. The van der Waals surface area contributed by atoms with Crippen molar-refractivity contribution in [1.82, 2.24) is 5.32 Å². The summed E-state index contributed by atoms with van der Waals surface area (Å²) in [4.78, 5) is 12.3. The Bertz CT molecular complexity index is 693. The van der Waals surface area contributed by atoms with Crippen LogP contribution in [-0.4, -0.2) is 26.7 Å². The van der Waals surface area contributed by atoms with Crippen LogP contribution in [0.1, 0.15) is 22.0 Å². The molecular formula is C17H17ClFNO3. The lowest BCUT2D eigenvalue weighted by Gasteiger charge is -2.17. The third-order valence-electron chi connectivity index (χ3n) is 3.36. The van der Waals surface area contributed by atoms with E-state index in [4.69, 9.17) is 21.1 Å². The molecule has 2 rings (SSSR count). The first kappa shape index (κ1) is 17.2. The van der Waals surface area contributed by atoms with Gasteiger partial charge in [0.1, 0.15) is 11.6 Å². The molecule has 0 saturated heterocycles. The lowest BCUT2D eigenvalue weighted by atomic mass is 10.1. The van der Waals surface area contributed by atoms with Gasteiger partial charge in [0, 0.05) is 18.7 Å². The summed E-state index contributed by atoms with van der Waals surface area (Å²) in [6.07, 6.45) is -0.458. The Balaban J connectivity index is 2.10. The summed E-state index contributed by atoms with van der Waals surface area (Å²) < 4.78 is 23.8. The number of nitrogens with one attached hydrogen (secondary N) is 1. The molecule has 0 aliphatic rings. The van der Waals surface area contributed by atoms with Crippen LogP contribution in [0.3, 0.4) is 0 Å². The van der Waals surface area contributed by atoms with E-state index in [-0.39, 0.29) is 18.3 Å². The third-order valence-corrected chi connectivity index (χ3v) is 3.59. The van der Waals surface area contributed by atoms with E-state index in [1.807, 2.05) is 0 Å². The van der Waals surface area contributed by atoms with Gasteiger partial charge in [-0.25, -0.2) is 4.39 Å². The normalized spacial score (nSPS) is 11.8. The van der Waals surface area contributed by atoms with E-state index in [1.54, 1.807) is 24.3 Å². The summed E-state index contributed by atoms with van der Waals surface area (Å²) in [6.45, 7) is 0.189. The van der Waals surface area contributed by atoms with Crippen LogP contribution in [0.15, 0.2) is 42.5 Å². The fourth-order valence-electron chi connectivity index (χ4n) is 2.18. The van der Waals surface area contributed by atoms with Crippen molar-refractivity contribution in [2.45, 2.75) is 6.10 Å². The summed E-state index contributed by atoms with van der Waals surface area (Å²) in [5.74, 6) is -0.276. The van der Waals surface area contributed by atoms with E-state index in [0.717, 1.165) is 0 Å². The van der Waals surface area contributed by atoms with Gasteiger partial charge in [0.05, 0.1) is 18.8 Å². The molecule has 0 aliphatic heterocycles. The Morgan fingerprint density at radius 1 is 1.26 bits per heavy atom. The maximum absolute atomic E-state index is 13.3. The van der Waals surface area contributed by atoms with Crippen molar-refractivity contribution in [3.05, 3.63) is 64.4 Å². The van der Waals surface area contributed by atoms with E-state index >= 15 is 0 Å². The van der Waals surface area contributed by atoms with Crippen LogP contribution < -0.4 is 10.1 Å². The van der Waals surface area contributed by atoms with Crippen molar-refractivity contribution in [3.63, 3.8) is 0 Å². The molecule has 122 valence electrons. The highest BCUT2D eigenvalue weighted by molar-refractivity contribution is 6.31. The number of methoxy groups -OCH3 is 2. The van der Waals surface area contributed by atoms with E-state index in [1.165, 1.54) is 32.4 Å².